The lowest BCUT2D eigenvalue weighted by molar-refractivity contribution is 0.243. The van der Waals surface area contributed by atoms with Crippen LogP contribution in [-0.4, -0.2) is 24.5 Å². The maximum absolute atomic E-state index is 6.11. The van der Waals surface area contributed by atoms with Gasteiger partial charge in [-0.25, -0.2) is 0 Å². The smallest absolute Gasteiger partial charge is 0.0316 e. The lowest BCUT2D eigenvalue weighted by Gasteiger charge is -2.27. The average molecular weight is 262 g/mol. The molecule has 19 heavy (non-hydrogen) atoms. The minimum atomic E-state index is 0.303. The van der Waals surface area contributed by atoms with E-state index in [0.717, 1.165) is 19.4 Å². The van der Waals surface area contributed by atoms with E-state index < -0.39 is 0 Å². The van der Waals surface area contributed by atoms with Gasteiger partial charge in [0.2, 0.25) is 0 Å². The third-order valence-corrected chi connectivity index (χ3v) is 4.20. The van der Waals surface area contributed by atoms with Crippen molar-refractivity contribution < 1.29 is 0 Å². The zero-order valence-electron chi connectivity index (χ0n) is 13.2. The second-order valence-corrected chi connectivity index (χ2v) is 5.95. The van der Waals surface area contributed by atoms with E-state index in [-0.39, 0.29) is 0 Å². The number of nitrogens with two attached hydrogens (primary N) is 1. The fourth-order valence-electron chi connectivity index (χ4n) is 2.17. The van der Waals surface area contributed by atoms with Crippen LogP contribution < -0.4 is 5.73 Å². The molecule has 108 valence electrons. The minimum Gasteiger partial charge on any atom is -0.327 e. The highest BCUT2D eigenvalue weighted by atomic mass is 15.1. The molecule has 2 unspecified atom stereocenters. The molecule has 2 N–H and O–H groups in total. The van der Waals surface area contributed by atoms with Crippen LogP contribution in [0.1, 0.15) is 51.3 Å². The SMILES string of the molecule is CCc1ccc(C(C)N(C)CCC(N)C(C)C)cc1. The Morgan fingerprint density at radius 1 is 1.11 bits per heavy atom. The maximum atomic E-state index is 6.11. The molecule has 0 spiro atoms. The van der Waals surface area contributed by atoms with Gasteiger partial charge in [-0.1, -0.05) is 45.0 Å². The van der Waals surface area contributed by atoms with Crippen molar-refractivity contribution >= 4 is 0 Å². The molecule has 0 aliphatic carbocycles. The van der Waals surface area contributed by atoms with E-state index in [0.29, 0.717) is 18.0 Å². The molecule has 0 saturated heterocycles. The molecule has 0 aromatic heterocycles. The van der Waals surface area contributed by atoms with E-state index in [9.17, 15) is 0 Å². The molecule has 2 heteroatoms. The Labute approximate surface area is 119 Å². The summed E-state index contributed by atoms with van der Waals surface area (Å²) >= 11 is 0. The first-order chi connectivity index (χ1) is 8.95. The molecule has 0 amide bonds. The number of benzene rings is 1. The predicted molar refractivity (Wildman–Crippen MR) is 84.3 cm³/mol. The van der Waals surface area contributed by atoms with Gasteiger partial charge in [-0.15, -0.1) is 0 Å². The van der Waals surface area contributed by atoms with Crippen molar-refractivity contribution in [3.05, 3.63) is 35.4 Å². The van der Waals surface area contributed by atoms with Crippen LogP contribution >= 0.6 is 0 Å². The van der Waals surface area contributed by atoms with Crippen LogP contribution in [0.3, 0.4) is 0 Å². The Morgan fingerprint density at radius 2 is 1.68 bits per heavy atom. The molecule has 1 aromatic rings. The standard InChI is InChI=1S/C17H30N2/c1-6-15-7-9-16(10-8-15)14(4)19(5)12-11-17(18)13(2)3/h7-10,13-14,17H,6,11-12,18H2,1-5H3. The zero-order valence-corrected chi connectivity index (χ0v) is 13.2. The zero-order chi connectivity index (χ0) is 14.4. The second-order valence-electron chi connectivity index (χ2n) is 5.95. The first-order valence-electron chi connectivity index (χ1n) is 7.50. The lowest BCUT2D eigenvalue weighted by Crippen LogP contribution is -2.32. The molecule has 0 radical (unpaired) electrons. The summed E-state index contributed by atoms with van der Waals surface area (Å²) in [5.41, 5.74) is 8.90. The molecule has 0 saturated carbocycles. The van der Waals surface area contributed by atoms with E-state index in [2.05, 4.69) is 63.9 Å². The van der Waals surface area contributed by atoms with E-state index >= 15 is 0 Å². The van der Waals surface area contributed by atoms with Gasteiger partial charge in [-0.2, -0.15) is 0 Å². The van der Waals surface area contributed by atoms with Gasteiger partial charge in [0.1, 0.15) is 0 Å². The largest absolute Gasteiger partial charge is 0.327 e. The van der Waals surface area contributed by atoms with Crippen molar-refractivity contribution in [3.63, 3.8) is 0 Å². The van der Waals surface area contributed by atoms with Crippen molar-refractivity contribution in [2.75, 3.05) is 13.6 Å². The first kappa shape index (κ1) is 16.2. The fourth-order valence-corrected chi connectivity index (χ4v) is 2.17. The van der Waals surface area contributed by atoms with Crippen molar-refractivity contribution in [2.45, 2.75) is 52.6 Å². The molecule has 0 aliphatic heterocycles. The van der Waals surface area contributed by atoms with Crippen LogP contribution in [0, 0.1) is 5.92 Å². The predicted octanol–water partition coefficient (Wildman–Crippen LogP) is 3.62. The molecule has 2 nitrogen and oxygen atoms in total. The molecular weight excluding hydrogens is 232 g/mol. The summed E-state index contributed by atoms with van der Waals surface area (Å²) in [4.78, 5) is 2.39. The highest BCUT2D eigenvalue weighted by molar-refractivity contribution is 5.24. The third-order valence-electron chi connectivity index (χ3n) is 4.20. The quantitative estimate of drug-likeness (QED) is 0.813. The number of nitrogens with zero attached hydrogens (tertiary/aromatic N) is 1. The van der Waals surface area contributed by atoms with E-state index in [1.165, 1.54) is 11.1 Å². The summed E-state index contributed by atoms with van der Waals surface area (Å²) in [6, 6.07) is 9.73. The molecule has 0 bridgehead atoms. The van der Waals surface area contributed by atoms with Gasteiger partial charge in [-0.3, -0.25) is 4.90 Å². The van der Waals surface area contributed by atoms with Crippen LogP contribution in [0.2, 0.25) is 0 Å². The van der Waals surface area contributed by atoms with Gasteiger partial charge < -0.3 is 5.73 Å². The minimum absolute atomic E-state index is 0.303. The van der Waals surface area contributed by atoms with E-state index in [1.54, 1.807) is 0 Å². The Kier molecular flexibility index (Phi) is 6.53. The fraction of sp³-hybridized carbons (Fsp3) is 0.647. The summed E-state index contributed by atoms with van der Waals surface area (Å²) in [7, 11) is 2.19. The van der Waals surface area contributed by atoms with Crippen LogP contribution in [0.5, 0.6) is 0 Å². The van der Waals surface area contributed by atoms with Crippen molar-refractivity contribution in [1.82, 2.24) is 4.90 Å². The maximum Gasteiger partial charge on any atom is 0.0316 e. The summed E-state index contributed by atoms with van der Waals surface area (Å²) in [5.74, 6) is 0.563. The Hall–Kier alpha value is -0.860. The van der Waals surface area contributed by atoms with Gasteiger partial charge in [0, 0.05) is 12.1 Å². The highest BCUT2D eigenvalue weighted by Crippen LogP contribution is 2.20. The summed E-state index contributed by atoms with van der Waals surface area (Å²) in [6.07, 6.45) is 2.17. The van der Waals surface area contributed by atoms with Crippen LogP contribution in [0.25, 0.3) is 0 Å². The molecule has 2 atom stereocenters. The number of hydrogen-bond acceptors (Lipinski definition) is 2. The van der Waals surface area contributed by atoms with E-state index in [1.807, 2.05) is 0 Å². The van der Waals surface area contributed by atoms with Crippen LogP contribution in [-0.2, 0) is 6.42 Å². The van der Waals surface area contributed by atoms with Crippen LogP contribution in [0.15, 0.2) is 24.3 Å². The summed E-state index contributed by atoms with van der Waals surface area (Å²) in [5, 5.41) is 0. The van der Waals surface area contributed by atoms with Gasteiger partial charge in [0.25, 0.3) is 0 Å². The lowest BCUT2D eigenvalue weighted by atomic mass is 10.0. The number of rotatable bonds is 7. The Bertz CT molecular complexity index is 356. The summed E-state index contributed by atoms with van der Waals surface area (Å²) < 4.78 is 0. The van der Waals surface area contributed by atoms with Gasteiger partial charge in [0.05, 0.1) is 0 Å². The van der Waals surface area contributed by atoms with Gasteiger partial charge >= 0.3 is 0 Å². The Morgan fingerprint density at radius 3 is 2.16 bits per heavy atom. The van der Waals surface area contributed by atoms with E-state index in [4.69, 9.17) is 5.73 Å². The number of hydrogen-bond donors (Lipinski definition) is 1. The summed E-state index contributed by atoms with van der Waals surface area (Å²) in [6.45, 7) is 9.89. The molecular formula is C17H30N2. The molecule has 1 aromatic carbocycles. The molecule has 0 fully saturated rings. The normalized spacial score (nSPS) is 14.9. The van der Waals surface area contributed by atoms with Crippen molar-refractivity contribution in [3.8, 4) is 0 Å². The second kappa shape index (κ2) is 7.66. The monoisotopic (exact) mass is 262 g/mol. The van der Waals surface area contributed by atoms with Gasteiger partial charge in [0.15, 0.2) is 0 Å². The van der Waals surface area contributed by atoms with Crippen LogP contribution in [0.4, 0.5) is 0 Å². The molecule has 1 rings (SSSR count). The van der Waals surface area contributed by atoms with Gasteiger partial charge in [-0.05, 0) is 50.4 Å². The first-order valence-corrected chi connectivity index (χ1v) is 7.50. The Balaban J connectivity index is 2.53. The molecule has 0 heterocycles. The number of aryl methyl sites for hydroxylation is 1. The molecule has 0 aliphatic rings. The van der Waals surface area contributed by atoms with Crippen molar-refractivity contribution in [1.29, 1.82) is 0 Å². The average Bonchev–Trinajstić information content (AvgIpc) is 2.43. The topological polar surface area (TPSA) is 29.3 Å². The highest BCUT2D eigenvalue weighted by Gasteiger charge is 2.14. The van der Waals surface area contributed by atoms with Crippen molar-refractivity contribution in [2.24, 2.45) is 11.7 Å². The third kappa shape index (κ3) is 4.96.